The number of rotatable bonds is 1. The van der Waals surface area contributed by atoms with Crippen LogP contribution in [0.5, 0.6) is 0 Å². The van der Waals surface area contributed by atoms with E-state index >= 15 is 0 Å². The third-order valence-electron chi connectivity index (χ3n) is 1.45. The number of halogens is 1. The lowest BCUT2D eigenvalue weighted by molar-refractivity contribution is 0.0741. The summed E-state index contributed by atoms with van der Waals surface area (Å²) in [7, 11) is 0. The van der Waals surface area contributed by atoms with Crippen molar-refractivity contribution in [2.45, 2.75) is 25.9 Å². The lowest BCUT2D eigenvalue weighted by Gasteiger charge is -2.18. The Bertz CT molecular complexity index is 120. The van der Waals surface area contributed by atoms with E-state index in [1.54, 1.807) is 0 Å². The molecule has 1 aliphatic rings. The topological polar surface area (TPSA) is 9.23 Å². The van der Waals surface area contributed by atoms with Crippen molar-refractivity contribution < 1.29 is 4.74 Å². The Hall–Kier alpha value is -0.0100. The van der Waals surface area contributed by atoms with E-state index in [0.717, 1.165) is 24.5 Å². The highest BCUT2D eigenvalue weighted by Crippen LogP contribution is 2.19. The molecule has 52 valence electrons. The summed E-state index contributed by atoms with van der Waals surface area (Å²) in [5, 5.41) is 0.878. The SMILES string of the molecule is CCC1OCCC=C1Cl. The van der Waals surface area contributed by atoms with Gasteiger partial charge < -0.3 is 4.74 Å². The van der Waals surface area contributed by atoms with Gasteiger partial charge in [-0.15, -0.1) is 0 Å². The molecule has 0 saturated carbocycles. The van der Waals surface area contributed by atoms with E-state index in [-0.39, 0.29) is 6.10 Å². The fraction of sp³-hybridized carbons (Fsp3) is 0.714. The molecule has 0 N–H and O–H groups in total. The standard InChI is InChI=1S/C7H11ClO/c1-2-7-6(8)4-3-5-9-7/h4,7H,2-3,5H2,1H3. The third kappa shape index (κ3) is 1.70. The number of hydrogen-bond donors (Lipinski definition) is 0. The van der Waals surface area contributed by atoms with Gasteiger partial charge in [-0.05, 0) is 12.8 Å². The molecule has 0 fully saturated rings. The molecule has 0 aromatic rings. The Morgan fingerprint density at radius 3 is 3.11 bits per heavy atom. The first-order valence-electron chi connectivity index (χ1n) is 3.31. The van der Waals surface area contributed by atoms with Crippen molar-refractivity contribution in [3.63, 3.8) is 0 Å². The molecule has 1 unspecified atom stereocenters. The van der Waals surface area contributed by atoms with Gasteiger partial charge in [0.1, 0.15) is 0 Å². The van der Waals surface area contributed by atoms with Crippen LogP contribution < -0.4 is 0 Å². The first-order chi connectivity index (χ1) is 4.34. The molecule has 1 nitrogen and oxygen atoms in total. The maximum Gasteiger partial charge on any atom is 0.0924 e. The number of hydrogen-bond acceptors (Lipinski definition) is 1. The van der Waals surface area contributed by atoms with Crippen molar-refractivity contribution in [1.29, 1.82) is 0 Å². The summed E-state index contributed by atoms with van der Waals surface area (Å²) < 4.78 is 5.34. The summed E-state index contributed by atoms with van der Waals surface area (Å²) in [6.45, 7) is 2.90. The van der Waals surface area contributed by atoms with E-state index in [1.165, 1.54) is 0 Å². The Balaban J connectivity index is 2.50. The molecular weight excluding hydrogens is 136 g/mol. The molecule has 0 aromatic heterocycles. The molecule has 0 spiro atoms. The van der Waals surface area contributed by atoms with Crippen LogP contribution >= 0.6 is 11.6 Å². The second-order valence-electron chi connectivity index (χ2n) is 2.15. The Kier molecular flexibility index (Phi) is 2.55. The molecule has 1 heterocycles. The smallest absolute Gasteiger partial charge is 0.0924 e. The molecule has 0 aliphatic carbocycles. The first kappa shape index (κ1) is 7.10. The van der Waals surface area contributed by atoms with Crippen LogP contribution in [0.2, 0.25) is 0 Å². The van der Waals surface area contributed by atoms with Crippen LogP contribution in [-0.4, -0.2) is 12.7 Å². The van der Waals surface area contributed by atoms with Gasteiger partial charge in [-0.1, -0.05) is 24.6 Å². The summed E-state index contributed by atoms with van der Waals surface area (Å²) in [6.07, 6.45) is 4.17. The molecule has 0 bridgehead atoms. The zero-order chi connectivity index (χ0) is 6.69. The highest BCUT2D eigenvalue weighted by molar-refractivity contribution is 6.30. The minimum absolute atomic E-state index is 0.181. The lowest BCUT2D eigenvalue weighted by atomic mass is 10.2. The monoisotopic (exact) mass is 146 g/mol. The molecular formula is C7H11ClO. The van der Waals surface area contributed by atoms with Crippen LogP contribution in [0.4, 0.5) is 0 Å². The molecule has 0 amide bonds. The third-order valence-corrected chi connectivity index (χ3v) is 1.85. The zero-order valence-electron chi connectivity index (χ0n) is 5.56. The Morgan fingerprint density at radius 1 is 1.89 bits per heavy atom. The van der Waals surface area contributed by atoms with Crippen molar-refractivity contribution in [3.05, 3.63) is 11.1 Å². The van der Waals surface area contributed by atoms with Crippen molar-refractivity contribution in [2.24, 2.45) is 0 Å². The van der Waals surface area contributed by atoms with Crippen molar-refractivity contribution in [2.75, 3.05) is 6.61 Å². The largest absolute Gasteiger partial charge is 0.372 e. The average Bonchev–Trinajstić information content (AvgIpc) is 1.89. The Labute approximate surface area is 60.7 Å². The van der Waals surface area contributed by atoms with Gasteiger partial charge in [-0.3, -0.25) is 0 Å². The van der Waals surface area contributed by atoms with Gasteiger partial charge in [0.25, 0.3) is 0 Å². The van der Waals surface area contributed by atoms with Crippen LogP contribution in [0, 0.1) is 0 Å². The van der Waals surface area contributed by atoms with Gasteiger partial charge in [0.2, 0.25) is 0 Å². The van der Waals surface area contributed by atoms with Crippen LogP contribution in [-0.2, 0) is 4.74 Å². The summed E-state index contributed by atoms with van der Waals surface area (Å²) in [5.74, 6) is 0. The average molecular weight is 147 g/mol. The summed E-state index contributed by atoms with van der Waals surface area (Å²) in [4.78, 5) is 0. The predicted octanol–water partition coefficient (Wildman–Crippen LogP) is 2.31. The minimum atomic E-state index is 0.181. The normalized spacial score (nSPS) is 27.8. The Morgan fingerprint density at radius 2 is 2.67 bits per heavy atom. The summed E-state index contributed by atoms with van der Waals surface area (Å²) in [6, 6.07) is 0. The van der Waals surface area contributed by atoms with E-state index in [4.69, 9.17) is 16.3 Å². The fourth-order valence-corrected chi connectivity index (χ4v) is 1.26. The molecule has 1 rings (SSSR count). The highest BCUT2D eigenvalue weighted by Gasteiger charge is 2.13. The first-order valence-corrected chi connectivity index (χ1v) is 3.69. The van der Waals surface area contributed by atoms with E-state index < -0.39 is 0 Å². The van der Waals surface area contributed by atoms with E-state index in [0.29, 0.717) is 0 Å². The quantitative estimate of drug-likeness (QED) is 0.552. The van der Waals surface area contributed by atoms with Crippen molar-refractivity contribution in [3.8, 4) is 0 Å². The zero-order valence-corrected chi connectivity index (χ0v) is 6.32. The maximum atomic E-state index is 5.82. The van der Waals surface area contributed by atoms with Gasteiger partial charge in [-0.25, -0.2) is 0 Å². The molecule has 1 aliphatic heterocycles. The summed E-state index contributed by atoms with van der Waals surface area (Å²) >= 11 is 5.82. The second kappa shape index (κ2) is 3.23. The molecule has 0 saturated heterocycles. The second-order valence-corrected chi connectivity index (χ2v) is 2.58. The minimum Gasteiger partial charge on any atom is -0.372 e. The van der Waals surface area contributed by atoms with Gasteiger partial charge in [0.15, 0.2) is 0 Å². The van der Waals surface area contributed by atoms with Gasteiger partial charge in [0, 0.05) is 5.03 Å². The van der Waals surface area contributed by atoms with E-state index in [9.17, 15) is 0 Å². The van der Waals surface area contributed by atoms with Crippen molar-refractivity contribution >= 4 is 11.6 Å². The van der Waals surface area contributed by atoms with Crippen LogP contribution in [0.15, 0.2) is 11.1 Å². The summed E-state index contributed by atoms with van der Waals surface area (Å²) in [5.41, 5.74) is 0. The highest BCUT2D eigenvalue weighted by atomic mass is 35.5. The predicted molar refractivity (Wildman–Crippen MR) is 38.6 cm³/mol. The number of ether oxygens (including phenoxy) is 1. The lowest BCUT2D eigenvalue weighted by Crippen LogP contribution is -2.16. The molecule has 1 atom stereocenters. The van der Waals surface area contributed by atoms with Gasteiger partial charge in [-0.2, -0.15) is 0 Å². The molecule has 0 aromatic carbocycles. The molecule has 2 heteroatoms. The van der Waals surface area contributed by atoms with E-state index in [1.807, 2.05) is 6.08 Å². The fourth-order valence-electron chi connectivity index (χ4n) is 0.931. The van der Waals surface area contributed by atoms with E-state index in [2.05, 4.69) is 6.92 Å². The van der Waals surface area contributed by atoms with Crippen LogP contribution in [0.1, 0.15) is 19.8 Å². The van der Waals surface area contributed by atoms with Crippen molar-refractivity contribution in [1.82, 2.24) is 0 Å². The van der Waals surface area contributed by atoms with Gasteiger partial charge in [0.05, 0.1) is 12.7 Å². The van der Waals surface area contributed by atoms with Crippen LogP contribution in [0.3, 0.4) is 0 Å². The van der Waals surface area contributed by atoms with Crippen LogP contribution in [0.25, 0.3) is 0 Å². The van der Waals surface area contributed by atoms with Gasteiger partial charge >= 0.3 is 0 Å². The molecule has 9 heavy (non-hydrogen) atoms. The maximum absolute atomic E-state index is 5.82. The molecule has 0 radical (unpaired) electrons.